The van der Waals surface area contributed by atoms with Crippen molar-refractivity contribution in [3.8, 4) is 0 Å². The molecule has 0 aromatic heterocycles. The quantitative estimate of drug-likeness (QED) is 0.310. The van der Waals surface area contributed by atoms with E-state index in [4.69, 9.17) is 14.2 Å². The van der Waals surface area contributed by atoms with Gasteiger partial charge < -0.3 is 39.5 Å². The average Bonchev–Trinajstić information content (AvgIpc) is 2.84. The van der Waals surface area contributed by atoms with Crippen LogP contribution in [0.3, 0.4) is 0 Å². The fourth-order valence-corrected chi connectivity index (χ4v) is 4.67. The summed E-state index contributed by atoms with van der Waals surface area (Å²) < 4.78 is 17.1. The van der Waals surface area contributed by atoms with Gasteiger partial charge in [-0.1, -0.05) is 0 Å². The summed E-state index contributed by atoms with van der Waals surface area (Å²) in [6.07, 6.45) is -0.256. The van der Waals surface area contributed by atoms with Crippen molar-refractivity contribution in [3.63, 3.8) is 0 Å². The Morgan fingerprint density at radius 2 is 1.20 bits per heavy atom. The van der Waals surface area contributed by atoms with Gasteiger partial charge in [-0.2, -0.15) is 11.8 Å². The van der Waals surface area contributed by atoms with E-state index in [2.05, 4.69) is 5.32 Å². The highest BCUT2D eigenvalue weighted by Gasteiger charge is 2.30. The number of carbonyl (C=O) groups excluding carboxylic acids is 3. The van der Waals surface area contributed by atoms with E-state index in [0.29, 0.717) is 5.75 Å². The molecule has 262 valence electrons. The lowest BCUT2D eigenvalue weighted by molar-refractivity contribution is -0.239. The number of nitrogens with zero attached hydrogens (tertiary/aromatic N) is 4. The van der Waals surface area contributed by atoms with Crippen LogP contribution in [0.25, 0.3) is 0 Å². The largest absolute Gasteiger partial charge is 0.480 e. The molecule has 1 aliphatic rings. The Labute approximate surface area is 273 Å². The van der Waals surface area contributed by atoms with Gasteiger partial charge in [0.1, 0.15) is 17.2 Å². The zero-order valence-corrected chi connectivity index (χ0v) is 29.7. The van der Waals surface area contributed by atoms with Crippen LogP contribution in [0, 0.1) is 0 Å². The number of aliphatic carboxylic acids is 1. The number of rotatable bonds is 9. The molecule has 0 radical (unpaired) electrons. The zero-order valence-electron chi connectivity index (χ0n) is 28.9. The standard InChI is InChI=1S/C30H57N5O9S/c1-28(2,3)42-25(39)33-14-12-32(21-23(36)31-22(24(37)38)11-20-45-10)13-15-34(26(40)43-29(4,5)6)17-19-35(18-16-33)27(41)44-30(7,8)9/h22,27,41H,11-21H2,1-10H3,(H,31,36)(H,37,38). The lowest BCUT2D eigenvalue weighted by Crippen LogP contribution is -2.53. The minimum Gasteiger partial charge on any atom is -0.480 e. The molecule has 1 heterocycles. The average molecular weight is 664 g/mol. The van der Waals surface area contributed by atoms with Crippen molar-refractivity contribution < 1.29 is 43.6 Å². The van der Waals surface area contributed by atoms with Gasteiger partial charge in [-0.05, 0) is 80.7 Å². The molecule has 2 atom stereocenters. The van der Waals surface area contributed by atoms with E-state index >= 15 is 0 Å². The zero-order chi connectivity index (χ0) is 34.6. The molecular weight excluding hydrogens is 606 g/mol. The summed E-state index contributed by atoms with van der Waals surface area (Å²) in [6.45, 7) is 17.5. The summed E-state index contributed by atoms with van der Waals surface area (Å²) in [7, 11) is 0. The van der Waals surface area contributed by atoms with E-state index in [1.165, 1.54) is 21.6 Å². The third kappa shape index (κ3) is 17.8. The first kappa shape index (κ1) is 40.7. The first-order valence-corrected chi connectivity index (χ1v) is 16.8. The van der Waals surface area contributed by atoms with Crippen molar-refractivity contribution in [2.45, 2.75) is 98.0 Å². The van der Waals surface area contributed by atoms with E-state index in [-0.39, 0.29) is 65.3 Å². The molecule has 0 aromatic rings. The number of hydrogen-bond acceptors (Lipinski definition) is 11. The highest BCUT2D eigenvalue weighted by atomic mass is 32.2. The fraction of sp³-hybridized carbons (Fsp3) is 0.867. The predicted molar refractivity (Wildman–Crippen MR) is 173 cm³/mol. The Hall–Kier alpha value is -2.33. The summed E-state index contributed by atoms with van der Waals surface area (Å²) in [5, 5.41) is 23.2. The Morgan fingerprint density at radius 3 is 1.58 bits per heavy atom. The third-order valence-corrected chi connectivity index (χ3v) is 7.02. The molecule has 14 nitrogen and oxygen atoms in total. The van der Waals surface area contributed by atoms with Crippen molar-refractivity contribution >= 4 is 35.8 Å². The summed E-state index contributed by atoms with van der Waals surface area (Å²) in [6, 6.07) is -1.03. The number of thioether (sulfide) groups is 1. The summed E-state index contributed by atoms with van der Waals surface area (Å²) >= 11 is 1.49. The van der Waals surface area contributed by atoms with Crippen LogP contribution in [0.1, 0.15) is 68.7 Å². The number of carboxylic acids is 1. The lowest BCUT2D eigenvalue weighted by Gasteiger charge is -2.37. The maximum Gasteiger partial charge on any atom is 0.410 e. The normalized spacial score (nSPS) is 18.3. The van der Waals surface area contributed by atoms with Gasteiger partial charge in [-0.3, -0.25) is 14.6 Å². The second kappa shape index (κ2) is 18.1. The Morgan fingerprint density at radius 1 is 0.756 bits per heavy atom. The Kier molecular flexibility index (Phi) is 16.4. The molecule has 0 aromatic carbocycles. The number of amides is 3. The molecule has 0 spiro atoms. The number of aliphatic hydroxyl groups excluding tert-OH is 1. The summed E-state index contributed by atoms with van der Waals surface area (Å²) in [5.41, 5.74) is -2.15. The second-order valence-electron chi connectivity index (χ2n) is 14.0. The van der Waals surface area contributed by atoms with Crippen LogP contribution < -0.4 is 5.32 Å². The Balaban J connectivity index is 3.33. The predicted octanol–water partition coefficient (Wildman–Crippen LogP) is 2.49. The van der Waals surface area contributed by atoms with E-state index < -0.39 is 53.3 Å². The van der Waals surface area contributed by atoms with Crippen LogP contribution in [-0.2, 0) is 23.8 Å². The molecule has 3 N–H and O–H groups in total. The summed E-state index contributed by atoms with van der Waals surface area (Å²) in [4.78, 5) is 57.6. The van der Waals surface area contributed by atoms with Crippen molar-refractivity contribution in [1.29, 1.82) is 0 Å². The third-order valence-electron chi connectivity index (χ3n) is 6.37. The highest BCUT2D eigenvalue weighted by Crippen LogP contribution is 2.16. The van der Waals surface area contributed by atoms with E-state index in [9.17, 15) is 29.4 Å². The first-order chi connectivity index (χ1) is 20.6. The topological polar surface area (TPSA) is 161 Å². The number of ether oxygens (including phenoxy) is 3. The van der Waals surface area contributed by atoms with Crippen molar-refractivity contribution in [3.05, 3.63) is 0 Å². The molecule has 0 bridgehead atoms. The molecule has 1 fully saturated rings. The van der Waals surface area contributed by atoms with E-state index in [0.717, 1.165) is 0 Å². The SMILES string of the molecule is CSCCC(NC(=O)CN1CCN(C(=O)OC(C)(C)C)CCN(C(O)OC(C)(C)C)CCN(C(=O)OC(C)(C)C)CC1)C(=O)O. The molecule has 1 aliphatic heterocycles. The molecule has 45 heavy (non-hydrogen) atoms. The molecule has 0 aliphatic carbocycles. The number of nitrogens with one attached hydrogen (secondary N) is 1. The van der Waals surface area contributed by atoms with Gasteiger partial charge in [0.25, 0.3) is 0 Å². The summed E-state index contributed by atoms with van der Waals surface area (Å²) in [5.74, 6) is -1.01. The number of carboxylic acid groups (broad SMARTS) is 1. The molecule has 1 rings (SSSR count). The van der Waals surface area contributed by atoms with Gasteiger partial charge >= 0.3 is 18.2 Å². The van der Waals surface area contributed by atoms with Gasteiger partial charge in [0.15, 0.2) is 0 Å². The van der Waals surface area contributed by atoms with Crippen LogP contribution in [0.4, 0.5) is 9.59 Å². The van der Waals surface area contributed by atoms with Gasteiger partial charge in [0.05, 0.1) is 12.1 Å². The van der Waals surface area contributed by atoms with Crippen LogP contribution in [-0.4, -0.2) is 154 Å². The second-order valence-corrected chi connectivity index (χ2v) is 15.0. The van der Waals surface area contributed by atoms with Crippen molar-refractivity contribution in [2.24, 2.45) is 0 Å². The smallest absolute Gasteiger partial charge is 0.410 e. The molecule has 1 saturated heterocycles. The maximum absolute atomic E-state index is 13.2. The minimum atomic E-state index is -1.30. The lowest BCUT2D eigenvalue weighted by atomic mass is 10.2. The Bertz CT molecular complexity index is 921. The van der Waals surface area contributed by atoms with Crippen LogP contribution in [0.2, 0.25) is 0 Å². The van der Waals surface area contributed by atoms with Crippen molar-refractivity contribution in [1.82, 2.24) is 24.9 Å². The van der Waals surface area contributed by atoms with Gasteiger partial charge in [-0.15, -0.1) is 0 Å². The van der Waals surface area contributed by atoms with Gasteiger partial charge in [0, 0.05) is 52.4 Å². The number of aliphatic hydroxyl groups is 1. The first-order valence-electron chi connectivity index (χ1n) is 15.4. The molecule has 2 unspecified atom stereocenters. The molecular formula is C30H57N5O9S. The number of hydrogen-bond donors (Lipinski definition) is 3. The fourth-order valence-electron chi connectivity index (χ4n) is 4.19. The minimum absolute atomic E-state index is 0.141. The van der Waals surface area contributed by atoms with Gasteiger partial charge in [-0.25, -0.2) is 14.4 Å². The highest BCUT2D eigenvalue weighted by molar-refractivity contribution is 7.98. The molecule has 0 saturated carbocycles. The maximum atomic E-state index is 13.2. The molecule has 3 amide bonds. The molecule has 15 heteroatoms. The van der Waals surface area contributed by atoms with Crippen LogP contribution >= 0.6 is 11.8 Å². The monoisotopic (exact) mass is 663 g/mol. The van der Waals surface area contributed by atoms with Gasteiger partial charge in [0.2, 0.25) is 12.3 Å². The number of carbonyl (C=O) groups is 4. The van der Waals surface area contributed by atoms with Crippen molar-refractivity contribution in [2.75, 3.05) is 70.9 Å². The van der Waals surface area contributed by atoms with Crippen LogP contribution in [0.15, 0.2) is 0 Å². The van der Waals surface area contributed by atoms with Crippen LogP contribution in [0.5, 0.6) is 0 Å². The van der Waals surface area contributed by atoms with E-state index in [1.807, 2.05) is 27.0 Å². The van der Waals surface area contributed by atoms with E-state index in [1.54, 1.807) is 51.3 Å².